The van der Waals surface area contributed by atoms with E-state index in [0.29, 0.717) is 13.0 Å². The second-order valence-electron chi connectivity index (χ2n) is 7.45. The minimum absolute atomic E-state index is 0.0647. The molecule has 0 atom stereocenters. The van der Waals surface area contributed by atoms with E-state index in [1.807, 2.05) is 6.08 Å². The van der Waals surface area contributed by atoms with Crippen molar-refractivity contribution in [2.24, 2.45) is 5.92 Å². The van der Waals surface area contributed by atoms with Crippen molar-refractivity contribution in [3.8, 4) is 0 Å². The lowest BCUT2D eigenvalue weighted by Crippen LogP contribution is -2.04. The molecule has 0 aliphatic heterocycles. The minimum atomic E-state index is -0.0647. The lowest BCUT2D eigenvalue weighted by molar-refractivity contribution is -0.142. The van der Waals surface area contributed by atoms with Crippen LogP contribution in [0.3, 0.4) is 0 Å². The normalized spacial score (nSPS) is 14.4. The molecule has 0 heterocycles. The average Bonchev–Trinajstić information content (AvgIpc) is 3.40. The molecular formula is C22H40O2. The fourth-order valence-corrected chi connectivity index (χ4v) is 3.07. The van der Waals surface area contributed by atoms with Crippen molar-refractivity contribution in [3.63, 3.8) is 0 Å². The third-order valence-corrected chi connectivity index (χ3v) is 4.89. The number of hydrogen-bond donors (Lipinski definition) is 0. The Morgan fingerprint density at radius 3 is 2.12 bits per heavy atom. The van der Waals surface area contributed by atoms with Crippen LogP contribution in [0, 0.1) is 5.92 Å². The Balaban J connectivity index is 1.74. The average molecular weight is 337 g/mol. The third-order valence-electron chi connectivity index (χ3n) is 4.89. The summed E-state index contributed by atoms with van der Waals surface area (Å²) in [4.78, 5) is 11.5. The van der Waals surface area contributed by atoms with E-state index in [4.69, 9.17) is 4.74 Å². The summed E-state index contributed by atoms with van der Waals surface area (Å²) in [7, 11) is 0. The number of carbonyl (C=O) groups is 1. The largest absolute Gasteiger partial charge is 0.465 e. The van der Waals surface area contributed by atoms with Crippen LogP contribution >= 0.6 is 0 Å². The van der Waals surface area contributed by atoms with Crippen molar-refractivity contribution >= 4 is 5.97 Å². The first-order valence-corrected chi connectivity index (χ1v) is 10.6. The maximum Gasteiger partial charge on any atom is 0.309 e. The van der Waals surface area contributed by atoms with Gasteiger partial charge in [0.2, 0.25) is 0 Å². The van der Waals surface area contributed by atoms with Crippen LogP contribution < -0.4 is 0 Å². The minimum Gasteiger partial charge on any atom is -0.465 e. The van der Waals surface area contributed by atoms with Crippen molar-refractivity contribution < 1.29 is 9.53 Å². The Hall–Kier alpha value is -0.790. The lowest BCUT2D eigenvalue weighted by atomic mass is 10.1. The van der Waals surface area contributed by atoms with Gasteiger partial charge in [0.25, 0.3) is 0 Å². The Bertz CT molecular complexity index is 318. The summed E-state index contributed by atoms with van der Waals surface area (Å²) in [5.41, 5.74) is 0. The lowest BCUT2D eigenvalue weighted by Gasteiger charge is -2.02. The van der Waals surface area contributed by atoms with E-state index in [9.17, 15) is 4.79 Å². The van der Waals surface area contributed by atoms with Crippen molar-refractivity contribution in [1.82, 2.24) is 0 Å². The van der Waals surface area contributed by atoms with E-state index in [2.05, 4.69) is 13.0 Å². The molecule has 2 heteroatoms. The zero-order chi connectivity index (χ0) is 17.3. The Labute approximate surface area is 150 Å². The maximum atomic E-state index is 11.5. The van der Waals surface area contributed by atoms with E-state index in [1.54, 1.807) is 0 Å². The van der Waals surface area contributed by atoms with Crippen molar-refractivity contribution in [3.05, 3.63) is 12.2 Å². The molecule has 0 spiro atoms. The SMILES string of the molecule is CCCCCCCCCCCC/C=C/CC(=O)OCCCC1CC1. The molecule has 140 valence electrons. The molecule has 24 heavy (non-hydrogen) atoms. The van der Waals surface area contributed by atoms with Crippen LogP contribution in [0.15, 0.2) is 12.2 Å². The van der Waals surface area contributed by atoms with E-state index < -0.39 is 0 Å². The van der Waals surface area contributed by atoms with Gasteiger partial charge in [-0.05, 0) is 31.6 Å². The smallest absolute Gasteiger partial charge is 0.309 e. The van der Waals surface area contributed by atoms with Crippen LogP contribution in [0.5, 0.6) is 0 Å². The number of allylic oxidation sites excluding steroid dienone is 1. The summed E-state index contributed by atoms with van der Waals surface area (Å²) in [6, 6.07) is 0. The molecular weight excluding hydrogens is 296 g/mol. The van der Waals surface area contributed by atoms with Crippen LogP contribution in [0.2, 0.25) is 0 Å². The molecule has 0 amide bonds. The highest BCUT2D eigenvalue weighted by molar-refractivity contribution is 5.71. The van der Waals surface area contributed by atoms with Gasteiger partial charge in [-0.2, -0.15) is 0 Å². The van der Waals surface area contributed by atoms with Gasteiger partial charge in [-0.3, -0.25) is 4.79 Å². The molecule has 0 saturated heterocycles. The molecule has 1 rings (SSSR count). The molecule has 1 saturated carbocycles. The van der Waals surface area contributed by atoms with Gasteiger partial charge >= 0.3 is 5.97 Å². The highest BCUT2D eigenvalue weighted by Gasteiger charge is 2.20. The number of ether oxygens (including phenoxy) is 1. The quantitative estimate of drug-likeness (QED) is 0.163. The van der Waals surface area contributed by atoms with Gasteiger partial charge in [0.15, 0.2) is 0 Å². The summed E-state index contributed by atoms with van der Waals surface area (Å²) < 4.78 is 5.24. The fraction of sp³-hybridized carbons (Fsp3) is 0.864. The van der Waals surface area contributed by atoms with Crippen LogP contribution in [0.4, 0.5) is 0 Å². The van der Waals surface area contributed by atoms with Crippen molar-refractivity contribution in [2.45, 2.75) is 110 Å². The van der Waals surface area contributed by atoms with Gasteiger partial charge < -0.3 is 4.74 Å². The predicted molar refractivity (Wildman–Crippen MR) is 103 cm³/mol. The Morgan fingerprint density at radius 2 is 1.50 bits per heavy atom. The first kappa shape index (κ1) is 21.3. The number of esters is 1. The summed E-state index contributed by atoms with van der Waals surface area (Å²) in [5.74, 6) is 0.870. The standard InChI is InChI=1S/C22H40O2/c1-2-3-4-5-6-7-8-9-10-11-12-13-14-17-22(23)24-20-15-16-21-18-19-21/h13-14,21H,2-12,15-20H2,1H3/b14-13+. The Kier molecular flexibility index (Phi) is 13.9. The van der Waals surface area contributed by atoms with E-state index in [0.717, 1.165) is 18.8 Å². The van der Waals surface area contributed by atoms with Gasteiger partial charge in [0, 0.05) is 0 Å². The second-order valence-corrected chi connectivity index (χ2v) is 7.45. The molecule has 1 fully saturated rings. The second kappa shape index (κ2) is 15.7. The molecule has 0 unspecified atom stereocenters. The number of unbranched alkanes of at least 4 members (excludes halogenated alkanes) is 10. The summed E-state index contributed by atoms with van der Waals surface area (Å²) in [5, 5.41) is 0. The van der Waals surface area contributed by atoms with Gasteiger partial charge in [-0.1, -0.05) is 89.7 Å². The summed E-state index contributed by atoms with van der Waals surface area (Å²) >= 11 is 0. The predicted octanol–water partition coefficient (Wildman–Crippen LogP) is 6.98. The van der Waals surface area contributed by atoms with E-state index in [1.165, 1.54) is 83.5 Å². The molecule has 0 N–H and O–H groups in total. The third kappa shape index (κ3) is 14.8. The van der Waals surface area contributed by atoms with Crippen molar-refractivity contribution in [2.75, 3.05) is 6.61 Å². The summed E-state index contributed by atoms with van der Waals surface area (Å²) in [6.07, 6.45) is 24.5. The van der Waals surface area contributed by atoms with Gasteiger partial charge in [0.1, 0.15) is 0 Å². The number of rotatable bonds is 17. The number of carbonyl (C=O) groups excluding carboxylic acids is 1. The molecule has 0 aromatic heterocycles. The van der Waals surface area contributed by atoms with E-state index in [-0.39, 0.29) is 5.97 Å². The monoisotopic (exact) mass is 336 g/mol. The number of hydrogen-bond acceptors (Lipinski definition) is 2. The molecule has 1 aliphatic rings. The topological polar surface area (TPSA) is 26.3 Å². The Morgan fingerprint density at radius 1 is 0.875 bits per heavy atom. The first-order chi connectivity index (χ1) is 11.8. The van der Waals surface area contributed by atoms with Crippen molar-refractivity contribution in [1.29, 1.82) is 0 Å². The van der Waals surface area contributed by atoms with E-state index >= 15 is 0 Å². The van der Waals surface area contributed by atoms with Crippen LogP contribution in [-0.4, -0.2) is 12.6 Å². The van der Waals surface area contributed by atoms with Gasteiger partial charge in [0.05, 0.1) is 13.0 Å². The molecule has 0 aromatic carbocycles. The first-order valence-electron chi connectivity index (χ1n) is 10.6. The van der Waals surface area contributed by atoms with Crippen LogP contribution in [0.25, 0.3) is 0 Å². The zero-order valence-corrected chi connectivity index (χ0v) is 16.1. The summed E-state index contributed by atoms with van der Waals surface area (Å²) in [6.45, 7) is 2.88. The zero-order valence-electron chi connectivity index (χ0n) is 16.1. The van der Waals surface area contributed by atoms with Gasteiger partial charge in [-0.25, -0.2) is 0 Å². The highest BCUT2D eigenvalue weighted by Crippen LogP contribution is 2.33. The maximum absolute atomic E-state index is 11.5. The molecule has 1 aliphatic carbocycles. The molecule has 0 bridgehead atoms. The molecule has 2 nitrogen and oxygen atoms in total. The van der Waals surface area contributed by atoms with Crippen LogP contribution in [-0.2, 0) is 9.53 Å². The van der Waals surface area contributed by atoms with Gasteiger partial charge in [-0.15, -0.1) is 0 Å². The molecule has 0 aromatic rings. The fourth-order valence-electron chi connectivity index (χ4n) is 3.07. The van der Waals surface area contributed by atoms with Crippen LogP contribution in [0.1, 0.15) is 110 Å². The molecule has 0 radical (unpaired) electrons. The highest BCUT2D eigenvalue weighted by atomic mass is 16.5.